The average Bonchev–Trinajstić information content (AvgIpc) is 2.56. The van der Waals surface area contributed by atoms with Crippen molar-refractivity contribution in [3.63, 3.8) is 0 Å². The van der Waals surface area contributed by atoms with Crippen LogP contribution < -0.4 is 10.6 Å². The summed E-state index contributed by atoms with van der Waals surface area (Å²) < 4.78 is 1.60. The Morgan fingerprint density at radius 2 is 2.12 bits per heavy atom. The minimum absolute atomic E-state index is 0.373. The first-order valence-corrected chi connectivity index (χ1v) is 5.57. The van der Waals surface area contributed by atoms with E-state index in [1.54, 1.807) is 18.5 Å². The molecule has 0 fully saturated rings. The Morgan fingerprint density at radius 1 is 1.47 bits per heavy atom. The molecular formula is C11H18N4O2. The molecule has 17 heavy (non-hydrogen) atoms. The fourth-order valence-electron chi connectivity index (χ4n) is 1.57. The van der Waals surface area contributed by atoms with E-state index in [0.717, 1.165) is 11.4 Å². The van der Waals surface area contributed by atoms with Crippen LogP contribution in [0.15, 0.2) is 6.07 Å². The molecule has 0 saturated carbocycles. The molecule has 0 radical (unpaired) electrons. The first-order valence-electron chi connectivity index (χ1n) is 5.57. The van der Waals surface area contributed by atoms with Crippen molar-refractivity contribution in [1.82, 2.24) is 20.4 Å². The Morgan fingerprint density at radius 3 is 2.59 bits per heavy atom. The Hall–Kier alpha value is -1.85. The van der Waals surface area contributed by atoms with Gasteiger partial charge in [0.25, 0.3) is 5.91 Å². The molecule has 0 aliphatic rings. The van der Waals surface area contributed by atoms with E-state index < -0.39 is 12.1 Å². The highest BCUT2D eigenvalue weighted by molar-refractivity contribution is 5.96. The highest BCUT2D eigenvalue weighted by Crippen LogP contribution is 2.10. The standard InChI is InChI=1S/C11H18N4O2/c1-5-12-11(17)13-10(16)9(4)15-8(3)6-7(2)14-15/h6,9H,5H2,1-4H3,(H2,12,13,16,17). The van der Waals surface area contributed by atoms with E-state index in [-0.39, 0.29) is 5.91 Å². The van der Waals surface area contributed by atoms with Crippen molar-refractivity contribution >= 4 is 11.9 Å². The van der Waals surface area contributed by atoms with Gasteiger partial charge in [-0.25, -0.2) is 4.79 Å². The van der Waals surface area contributed by atoms with Crippen LogP contribution in [-0.2, 0) is 4.79 Å². The number of amides is 3. The molecule has 6 heteroatoms. The summed E-state index contributed by atoms with van der Waals surface area (Å²) in [7, 11) is 0. The first-order chi connectivity index (χ1) is 7.95. The molecule has 1 atom stereocenters. The lowest BCUT2D eigenvalue weighted by Gasteiger charge is -2.13. The number of nitrogens with zero attached hydrogens (tertiary/aromatic N) is 2. The molecule has 94 valence electrons. The second-order valence-corrected chi connectivity index (χ2v) is 3.90. The molecule has 1 aromatic heterocycles. The molecule has 1 rings (SSSR count). The van der Waals surface area contributed by atoms with Crippen molar-refractivity contribution in [3.8, 4) is 0 Å². The Balaban J connectivity index is 2.70. The predicted molar refractivity (Wildman–Crippen MR) is 63.6 cm³/mol. The molecule has 1 heterocycles. The van der Waals surface area contributed by atoms with Gasteiger partial charge >= 0.3 is 6.03 Å². The van der Waals surface area contributed by atoms with Crippen molar-refractivity contribution in [3.05, 3.63) is 17.5 Å². The maximum absolute atomic E-state index is 11.8. The largest absolute Gasteiger partial charge is 0.338 e. The van der Waals surface area contributed by atoms with Crippen LogP contribution in [0.3, 0.4) is 0 Å². The number of aromatic nitrogens is 2. The number of hydrogen-bond acceptors (Lipinski definition) is 3. The number of carbonyl (C=O) groups is 2. The maximum atomic E-state index is 11.8. The van der Waals surface area contributed by atoms with Crippen LogP contribution in [0.4, 0.5) is 4.79 Å². The van der Waals surface area contributed by atoms with Crippen molar-refractivity contribution in [2.45, 2.75) is 33.7 Å². The van der Waals surface area contributed by atoms with Gasteiger partial charge < -0.3 is 5.32 Å². The van der Waals surface area contributed by atoms with Gasteiger partial charge in [0.2, 0.25) is 0 Å². The predicted octanol–water partition coefficient (Wildman–Crippen LogP) is 0.907. The molecule has 0 bridgehead atoms. The van der Waals surface area contributed by atoms with Crippen molar-refractivity contribution in [2.75, 3.05) is 6.54 Å². The molecule has 0 spiro atoms. The molecule has 2 N–H and O–H groups in total. The van der Waals surface area contributed by atoms with E-state index in [1.807, 2.05) is 19.9 Å². The summed E-state index contributed by atoms with van der Waals surface area (Å²) in [6.07, 6.45) is 0. The van der Waals surface area contributed by atoms with E-state index in [0.29, 0.717) is 6.54 Å². The second-order valence-electron chi connectivity index (χ2n) is 3.90. The van der Waals surface area contributed by atoms with E-state index in [2.05, 4.69) is 15.7 Å². The van der Waals surface area contributed by atoms with Crippen LogP contribution in [0, 0.1) is 13.8 Å². The van der Waals surface area contributed by atoms with Crippen LogP contribution in [0.25, 0.3) is 0 Å². The van der Waals surface area contributed by atoms with Crippen LogP contribution in [-0.4, -0.2) is 28.3 Å². The summed E-state index contributed by atoms with van der Waals surface area (Å²) in [5.41, 5.74) is 1.74. The molecular weight excluding hydrogens is 220 g/mol. The normalized spacial score (nSPS) is 12.0. The smallest absolute Gasteiger partial charge is 0.321 e. The quantitative estimate of drug-likeness (QED) is 0.821. The van der Waals surface area contributed by atoms with Gasteiger partial charge in [0.05, 0.1) is 5.69 Å². The number of imide groups is 1. The fraction of sp³-hybridized carbons (Fsp3) is 0.545. The molecule has 1 unspecified atom stereocenters. The lowest BCUT2D eigenvalue weighted by Crippen LogP contribution is -2.42. The van der Waals surface area contributed by atoms with Crippen molar-refractivity contribution < 1.29 is 9.59 Å². The van der Waals surface area contributed by atoms with E-state index in [9.17, 15) is 9.59 Å². The fourth-order valence-corrected chi connectivity index (χ4v) is 1.57. The Bertz CT molecular complexity index is 425. The lowest BCUT2D eigenvalue weighted by atomic mass is 10.3. The highest BCUT2D eigenvalue weighted by atomic mass is 16.2. The lowest BCUT2D eigenvalue weighted by molar-refractivity contribution is -0.123. The van der Waals surface area contributed by atoms with Crippen molar-refractivity contribution in [1.29, 1.82) is 0 Å². The number of hydrogen-bond donors (Lipinski definition) is 2. The molecule has 3 amide bonds. The molecule has 0 aliphatic carbocycles. The Kier molecular flexibility index (Phi) is 4.25. The average molecular weight is 238 g/mol. The third kappa shape index (κ3) is 3.30. The van der Waals surface area contributed by atoms with Gasteiger partial charge in [-0.3, -0.25) is 14.8 Å². The van der Waals surface area contributed by atoms with Crippen LogP contribution in [0.2, 0.25) is 0 Å². The number of aryl methyl sites for hydroxylation is 2. The van der Waals surface area contributed by atoms with Crippen LogP contribution >= 0.6 is 0 Å². The zero-order chi connectivity index (χ0) is 13.0. The van der Waals surface area contributed by atoms with Gasteiger partial charge in [0.15, 0.2) is 0 Å². The van der Waals surface area contributed by atoms with Gasteiger partial charge in [0.1, 0.15) is 6.04 Å². The summed E-state index contributed by atoms with van der Waals surface area (Å²) in [5.74, 6) is -0.373. The minimum atomic E-state index is -0.508. The van der Waals surface area contributed by atoms with Gasteiger partial charge in [-0.1, -0.05) is 0 Å². The second kappa shape index (κ2) is 5.47. The highest BCUT2D eigenvalue weighted by Gasteiger charge is 2.19. The molecule has 6 nitrogen and oxygen atoms in total. The number of urea groups is 1. The molecule has 0 aromatic carbocycles. The zero-order valence-corrected chi connectivity index (χ0v) is 10.6. The third-order valence-electron chi connectivity index (χ3n) is 2.36. The molecule has 1 aromatic rings. The number of carbonyl (C=O) groups excluding carboxylic acids is 2. The summed E-state index contributed by atoms with van der Waals surface area (Å²) in [4.78, 5) is 23.0. The SMILES string of the molecule is CCNC(=O)NC(=O)C(C)n1nc(C)cc1C. The summed E-state index contributed by atoms with van der Waals surface area (Å²) in [6, 6.07) is 0.896. The van der Waals surface area contributed by atoms with Crippen molar-refractivity contribution in [2.24, 2.45) is 0 Å². The summed E-state index contributed by atoms with van der Waals surface area (Å²) in [5, 5.41) is 8.98. The van der Waals surface area contributed by atoms with Crippen LogP contribution in [0.1, 0.15) is 31.3 Å². The minimum Gasteiger partial charge on any atom is -0.338 e. The first kappa shape index (κ1) is 13.2. The van der Waals surface area contributed by atoms with E-state index >= 15 is 0 Å². The van der Waals surface area contributed by atoms with E-state index in [1.165, 1.54) is 0 Å². The molecule has 0 aliphatic heterocycles. The third-order valence-corrected chi connectivity index (χ3v) is 2.36. The van der Waals surface area contributed by atoms with Gasteiger partial charge in [-0.15, -0.1) is 0 Å². The topological polar surface area (TPSA) is 76.0 Å². The number of nitrogens with one attached hydrogen (secondary N) is 2. The summed E-state index contributed by atoms with van der Waals surface area (Å²) in [6.45, 7) is 7.70. The van der Waals surface area contributed by atoms with Gasteiger partial charge in [-0.2, -0.15) is 5.10 Å². The van der Waals surface area contributed by atoms with Crippen LogP contribution in [0.5, 0.6) is 0 Å². The van der Waals surface area contributed by atoms with Gasteiger partial charge in [0, 0.05) is 12.2 Å². The summed E-state index contributed by atoms with van der Waals surface area (Å²) >= 11 is 0. The monoisotopic (exact) mass is 238 g/mol. The maximum Gasteiger partial charge on any atom is 0.321 e. The zero-order valence-electron chi connectivity index (χ0n) is 10.6. The Labute approximate surface area is 100 Å². The van der Waals surface area contributed by atoms with E-state index in [4.69, 9.17) is 0 Å². The molecule has 0 saturated heterocycles. The van der Waals surface area contributed by atoms with Gasteiger partial charge in [-0.05, 0) is 33.8 Å². The number of rotatable bonds is 3.